The van der Waals surface area contributed by atoms with Crippen LogP contribution in [0.5, 0.6) is 0 Å². The van der Waals surface area contributed by atoms with Gasteiger partial charge in [0.05, 0.1) is 5.69 Å². The monoisotopic (exact) mass is 327 g/mol. The number of hydrogen-bond acceptors (Lipinski definition) is 5. The van der Waals surface area contributed by atoms with E-state index in [9.17, 15) is 4.79 Å². The summed E-state index contributed by atoms with van der Waals surface area (Å²) in [6, 6.07) is 11.7. The number of carbonyl (C=O) groups is 1. The summed E-state index contributed by atoms with van der Waals surface area (Å²) in [5, 5.41) is 9.65. The normalized spacial score (nSPS) is 10.7. The Bertz CT molecular complexity index is 780. The van der Waals surface area contributed by atoms with Gasteiger partial charge in [-0.25, -0.2) is 9.78 Å². The van der Waals surface area contributed by atoms with Gasteiger partial charge in [0.1, 0.15) is 11.6 Å². The molecule has 0 bridgehead atoms. The highest BCUT2D eigenvalue weighted by atomic mass is 32.1. The predicted octanol–water partition coefficient (Wildman–Crippen LogP) is 3.84. The number of carbonyl (C=O) groups excluding carboxylic acids is 1. The molecule has 3 aromatic rings. The molecular formula is C17H17N3O2S. The maximum atomic E-state index is 12.0. The molecule has 0 fully saturated rings. The first-order chi connectivity index (χ1) is 11.3. The molecule has 0 saturated heterocycles. The van der Waals surface area contributed by atoms with Gasteiger partial charge < -0.3 is 4.74 Å². The van der Waals surface area contributed by atoms with Crippen molar-refractivity contribution in [1.82, 2.24) is 15.2 Å². The molecule has 0 aliphatic heterocycles. The second kappa shape index (κ2) is 7.19. The zero-order valence-electron chi connectivity index (χ0n) is 12.8. The summed E-state index contributed by atoms with van der Waals surface area (Å²) in [4.78, 5) is 16.5. The van der Waals surface area contributed by atoms with E-state index in [4.69, 9.17) is 4.74 Å². The summed E-state index contributed by atoms with van der Waals surface area (Å²) in [6.45, 7) is 2.23. The SMILES string of the molecule is CCCc1cc(C(=O)OCc2csc(-c3ccccc3)n2)n[nH]1. The zero-order chi connectivity index (χ0) is 16.1. The van der Waals surface area contributed by atoms with E-state index in [2.05, 4.69) is 22.1 Å². The van der Waals surface area contributed by atoms with Crippen LogP contribution in [0, 0.1) is 0 Å². The summed E-state index contributed by atoms with van der Waals surface area (Å²) >= 11 is 1.54. The first-order valence-corrected chi connectivity index (χ1v) is 8.35. The lowest BCUT2D eigenvalue weighted by molar-refractivity contribution is 0.0461. The van der Waals surface area contributed by atoms with Crippen molar-refractivity contribution < 1.29 is 9.53 Å². The van der Waals surface area contributed by atoms with Crippen LogP contribution in [0.1, 0.15) is 35.2 Å². The quantitative estimate of drug-likeness (QED) is 0.698. The number of esters is 1. The molecular weight excluding hydrogens is 310 g/mol. The van der Waals surface area contributed by atoms with Gasteiger partial charge in [-0.2, -0.15) is 5.10 Å². The molecule has 2 aromatic heterocycles. The van der Waals surface area contributed by atoms with E-state index in [0.29, 0.717) is 5.69 Å². The molecule has 6 heteroatoms. The number of aryl methyl sites for hydroxylation is 1. The molecule has 1 N–H and O–H groups in total. The molecule has 5 nitrogen and oxygen atoms in total. The molecule has 0 unspecified atom stereocenters. The number of thiazole rings is 1. The average molecular weight is 327 g/mol. The van der Waals surface area contributed by atoms with E-state index >= 15 is 0 Å². The second-order valence-corrected chi connectivity index (χ2v) is 5.97. The number of ether oxygens (including phenoxy) is 1. The van der Waals surface area contributed by atoms with Gasteiger partial charge in [-0.1, -0.05) is 43.7 Å². The van der Waals surface area contributed by atoms with Crippen molar-refractivity contribution in [3.05, 3.63) is 58.9 Å². The van der Waals surface area contributed by atoms with Crippen molar-refractivity contribution in [2.24, 2.45) is 0 Å². The third-order valence-corrected chi connectivity index (χ3v) is 4.22. The minimum atomic E-state index is -0.433. The highest BCUT2D eigenvalue weighted by Crippen LogP contribution is 2.23. The Morgan fingerprint density at radius 1 is 1.30 bits per heavy atom. The number of nitrogens with zero attached hydrogens (tertiary/aromatic N) is 2. The van der Waals surface area contributed by atoms with Crippen LogP contribution in [-0.4, -0.2) is 21.2 Å². The summed E-state index contributed by atoms with van der Waals surface area (Å²) in [5.41, 5.74) is 3.06. The third kappa shape index (κ3) is 3.84. The largest absolute Gasteiger partial charge is 0.454 e. The molecule has 0 aliphatic carbocycles. The maximum Gasteiger partial charge on any atom is 0.359 e. The van der Waals surface area contributed by atoms with Gasteiger partial charge in [0.25, 0.3) is 0 Å². The second-order valence-electron chi connectivity index (χ2n) is 5.11. The lowest BCUT2D eigenvalue weighted by Crippen LogP contribution is -2.05. The number of benzene rings is 1. The summed E-state index contributed by atoms with van der Waals surface area (Å²) in [7, 11) is 0. The van der Waals surface area contributed by atoms with E-state index in [1.165, 1.54) is 11.3 Å². The van der Waals surface area contributed by atoms with Crippen LogP contribution in [0.4, 0.5) is 0 Å². The topological polar surface area (TPSA) is 67.9 Å². The number of H-pyrrole nitrogens is 1. The Kier molecular flexibility index (Phi) is 4.83. The molecule has 0 saturated carbocycles. The number of hydrogen-bond donors (Lipinski definition) is 1. The van der Waals surface area contributed by atoms with Crippen molar-refractivity contribution in [1.29, 1.82) is 0 Å². The van der Waals surface area contributed by atoms with Crippen molar-refractivity contribution in [2.45, 2.75) is 26.4 Å². The molecule has 2 heterocycles. The van der Waals surface area contributed by atoms with E-state index in [0.717, 1.165) is 34.8 Å². The van der Waals surface area contributed by atoms with Crippen LogP contribution in [0.3, 0.4) is 0 Å². The molecule has 3 rings (SSSR count). The van der Waals surface area contributed by atoms with Crippen LogP contribution in [0.15, 0.2) is 41.8 Å². The fourth-order valence-corrected chi connectivity index (χ4v) is 2.97. The highest BCUT2D eigenvalue weighted by Gasteiger charge is 2.13. The lowest BCUT2D eigenvalue weighted by atomic mass is 10.2. The smallest absolute Gasteiger partial charge is 0.359 e. The number of aromatic nitrogens is 3. The van der Waals surface area contributed by atoms with Gasteiger partial charge in [0, 0.05) is 16.6 Å². The Morgan fingerprint density at radius 3 is 2.91 bits per heavy atom. The molecule has 0 aliphatic rings. The maximum absolute atomic E-state index is 12.0. The molecule has 0 spiro atoms. The third-order valence-electron chi connectivity index (χ3n) is 3.28. The molecule has 0 atom stereocenters. The van der Waals surface area contributed by atoms with Crippen molar-refractivity contribution in [3.8, 4) is 10.6 Å². The molecule has 0 amide bonds. The minimum Gasteiger partial charge on any atom is -0.454 e. The first-order valence-electron chi connectivity index (χ1n) is 7.47. The number of rotatable bonds is 6. The number of aromatic amines is 1. The van der Waals surface area contributed by atoms with Crippen molar-refractivity contribution >= 4 is 17.3 Å². The Morgan fingerprint density at radius 2 is 2.13 bits per heavy atom. The van der Waals surface area contributed by atoms with Crippen LogP contribution in [0.2, 0.25) is 0 Å². The standard InChI is InChI=1S/C17H17N3O2S/c1-2-6-13-9-15(20-19-13)17(21)22-10-14-11-23-16(18-14)12-7-4-3-5-8-12/h3-5,7-9,11H,2,6,10H2,1H3,(H,19,20). The molecule has 1 aromatic carbocycles. The van der Waals surface area contributed by atoms with Crippen LogP contribution < -0.4 is 0 Å². The van der Waals surface area contributed by atoms with Crippen LogP contribution >= 0.6 is 11.3 Å². The first kappa shape index (κ1) is 15.4. The molecule has 23 heavy (non-hydrogen) atoms. The molecule has 0 radical (unpaired) electrons. The van der Waals surface area contributed by atoms with Gasteiger partial charge in [0.2, 0.25) is 0 Å². The Labute approximate surface area is 138 Å². The average Bonchev–Trinajstić information content (AvgIpc) is 3.23. The van der Waals surface area contributed by atoms with E-state index in [-0.39, 0.29) is 6.61 Å². The Hall–Kier alpha value is -2.47. The number of nitrogens with one attached hydrogen (secondary N) is 1. The lowest BCUT2D eigenvalue weighted by Gasteiger charge is -1.99. The van der Waals surface area contributed by atoms with Crippen LogP contribution in [0.25, 0.3) is 10.6 Å². The van der Waals surface area contributed by atoms with Gasteiger partial charge in [-0.15, -0.1) is 11.3 Å². The van der Waals surface area contributed by atoms with Gasteiger partial charge >= 0.3 is 5.97 Å². The fraction of sp³-hybridized carbons (Fsp3) is 0.235. The van der Waals surface area contributed by atoms with Gasteiger partial charge in [-0.3, -0.25) is 5.10 Å². The summed E-state index contributed by atoms with van der Waals surface area (Å²) in [5.74, 6) is -0.433. The fourth-order valence-electron chi connectivity index (χ4n) is 2.16. The van der Waals surface area contributed by atoms with Crippen molar-refractivity contribution in [2.75, 3.05) is 0 Å². The highest BCUT2D eigenvalue weighted by molar-refractivity contribution is 7.13. The van der Waals surface area contributed by atoms with Crippen molar-refractivity contribution in [3.63, 3.8) is 0 Å². The minimum absolute atomic E-state index is 0.151. The summed E-state index contributed by atoms with van der Waals surface area (Å²) in [6.07, 6.45) is 1.87. The van der Waals surface area contributed by atoms with E-state index in [1.54, 1.807) is 6.07 Å². The van der Waals surface area contributed by atoms with E-state index in [1.807, 2.05) is 35.7 Å². The van der Waals surface area contributed by atoms with Gasteiger partial charge in [-0.05, 0) is 12.5 Å². The zero-order valence-corrected chi connectivity index (χ0v) is 13.6. The van der Waals surface area contributed by atoms with Crippen LogP contribution in [-0.2, 0) is 17.8 Å². The molecule has 118 valence electrons. The Balaban J connectivity index is 1.60. The van der Waals surface area contributed by atoms with Gasteiger partial charge in [0.15, 0.2) is 5.69 Å². The summed E-state index contributed by atoms with van der Waals surface area (Å²) < 4.78 is 5.28. The van der Waals surface area contributed by atoms with E-state index < -0.39 is 5.97 Å². The predicted molar refractivity (Wildman–Crippen MR) is 89.3 cm³/mol.